The number of aliphatic hydroxyl groups is 1. The Morgan fingerprint density at radius 1 is 1.05 bits per heavy atom. The molecule has 0 spiro atoms. The summed E-state index contributed by atoms with van der Waals surface area (Å²) in [7, 11) is 0. The van der Waals surface area contributed by atoms with Crippen LogP contribution in [0.25, 0.3) is 11.3 Å². The van der Waals surface area contributed by atoms with Crippen LogP contribution in [0.4, 0.5) is 5.69 Å². The van der Waals surface area contributed by atoms with Crippen molar-refractivity contribution in [2.24, 2.45) is 0 Å². The van der Waals surface area contributed by atoms with Crippen molar-refractivity contribution in [1.29, 1.82) is 0 Å². The molecule has 0 unspecified atom stereocenters. The molecule has 4 aromatic rings. The average molecular weight is 569 g/mol. The zero-order valence-electron chi connectivity index (χ0n) is 22.3. The number of anilines is 1. The number of carbonyl (C=O) groups is 2. The number of Topliss-reactive ketones (excluding diaryl/α,β-unsaturated/α-hetero) is 1. The van der Waals surface area contributed by atoms with Crippen molar-refractivity contribution < 1.29 is 28.9 Å². The van der Waals surface area contributed by atoms with Crippen LogP contribution in [0.3, 0.4) is 0 Å². The van der Waals surface area contributed by atoms with E-state index in [0.29, 0.717) is 39.9 Å². The summed E-state index contributed by atoms with van der Waals surface area (Å²) in [5, 5.41) is 12.9. The molecule has 1 N–H and O–H groups in total. The molecule has 0 fully saturated rings. The van der Waals surface area contributed by atoms with Crippen LogP contribution in [-0.4, -0.2) is 41.0 Å². The second-order valence-corrected chi connectivity index (χ2v) is 10.8. The molecule has 2 atom stereocenters. The number of benzene rings is 3. The third-order valence-corrected chi connectivity index (χ3v) is 8.13. The van der Waals surface area contributed by atoms with E-state index in [0.717, 1.165) is 28.1 Å². The van der Waals surface area contributed by atoms with Gasteiger partial charge < -0.3 is 24.2 Å². The number of pyridine rings is 1. The van der Waals surface area contributed by atoms with Gasteiger partial charge in [0.15, 0.2) is 18.3 Å². The molecule has 9 heteroatoms. The average Bonchev–Trinajstić information content (AvgIpc) is 3.28. The highest BCUT2D eigenvalue weighted by molar-refractivity contribution is 6.30. The number of halogens is 1. The van der Waals surface area contributed by atoms with Crippen molar-refractivity contribution >= 4 is 29.0 Å². The summed E-state index contributed by atoms with van der Waals surface area (Å²) in [4.78, 5) is 32.9. The number of nitrogens with zero attached hydrogens (tertiary/aromatic N) is 2. The number of rotatable bonds is 4. The van der Waals surface area contributed by atoms with E-state index in [-0.39, 0.29) is 24.7 Å². The Balaban J connectivity index is 1.34. The van der Waals surface area contributed by atoms with Gasteiger partial charge in [0.2, 0.25) is 5.78 Å². The smallest absolute Gasteiger partial charge is 0.265 e. The van der Waals surface area contributed by atoms with Crippen LogP contribution in [0.15, 0.2) is 66.9 Å². The first-order chi connectivity index (χ1) is 19.8. The Kier molecular flexibility index (Phi) is 5.81. The van der Waals surface area contributed by atoms with Gasteiger partial charge in [-0.1, -0.05) is 23.2 Å². The summed E-state index contributed by atoms with van der Waals surface area (Å²) < 4.78 is 17.7. The van der Waals surface area contributed by atoms with Crippen molar-refractivity contribution in [1.82, 2.24) is 4.98 Å². The molecule has 0 radical (unpaired) electrons. The summed E-state index contributed by atoms with van der Waals surface area (Å²) in [6.45, 7) is 4.48. The van der Waals surface area contributed by atoms with Gasteiger partial charge in [0.05, 0.1) is 11.4 Å². The molecular formula is C32H25ClN2O6. The normalized spacial score (nSPS) is 20.1. The molecule has 7 rings (SSSR count). The van der Waals surface area contributed by atoms with Crippen LogP contribution >= 0.6 is 11.6 Å². The number of amides is 1. The van der Waals surface area contributed by atoms with Crippen molar-refractivity contribution in [3.63, 3.8) is 0 Å². The number of carbonyl (C=O) groups excluding carboxylic acids is 2. The third-order valence-electron chi connectivity index (χ3n) is 7.90. The molecule has 206 valence electrons. The lowest BCUT2D eigenvalue weighted by Gasteiger charge is -2.31. The predicted molar refractivity (Wildman–Crippen MR) is 152 cm³/mol. The molecule has 3 aromatic carbocycles. The van der Waals surface area contributed by atoms with E-state index in [9.17, 15) is 14.7 Å². The molecule has 0 bridgehead atoms. The maximum atomic E-state index is 14.1. The molecule has 4 heterocycles. The lowest BCUT2D eigenvalue weighted by molar-refractivity contribution is -0.121. The van der Waals surface area contributed by atoms with Crippen molar-refractivity contribution in [3.8, 4) is 28.5 Å². The highest BCUT2D eigenvalue weighted by Crippen LogP contribution is 2.49. The van der Waals surface area contributed by atoms with Gasteiger partial charge in [-0.2, -0.15) is 0 Å². The summed E-state index contributed by atoms with van der Waals surface area (Å²) in [5.41, 5.74) is 3.08. The molecule has 0 saturated carbocycles. The summed E-state index contributed by atoms with van der Waals surface area (Å²) in [5.74, 6) is 0.936. The maximum absolute atomic E-state index is 14.1. The number of aromatic nitrogens is 1. The third kappa shape index (κ3) is 3.89. The van der Waals surface area contributed by atoms with E-state index in [4.69, 9.17) is 30.8 Å². The second kappa shape index (κ2) is 9.33. The minimum atomic E-state index is -1.90. The number of aryl methyl sites for hydroxylation is 1. The van der Waals surface area contributed by atoms with E-state index < -0.39 is 17.5 Å². The maximum Gasteiger partial charge on any atom is 0.265 e. The van der Waals surface area contributed by atoms with Crippen LogP contribution < -0.4 is 19.1 Å². The summed E-state index contributed by atoms with van der Waals surface area (Å²) >= 11 is 6.36. The summed E-state index contributed by atoms with van der Waals surface area (Å²) in [6, 6.07) is 17.5. The van der Waals surface area contributed by atoms with Crippen LogP contribution in [0.1, 0.15) is 39.5 Å². The largest absolute Gasteiger partial charge is 0.488 e. The van der Waals surface area contributed by atoms with Gasteiger partial charge in [-0.05, 0) is 68.4 Å². The molecule has 0 saturated heterocycles. The summed E-state index contributed by atoms with van der Waals surface area (Å²) in [6.07, 6.45) is 0.233. The van der Waals surface area contributed by atoms with Crippen molar-refractivity contribution in [2.45, 2.75) is 32.2 Å². The minimum absolute atomic E-state index is 0.0607. The first-order valence-corrected chi connectivity index (χ1v) is 13.7. The van der Waals surface area contributed by atoms with Crippen LogP contribution in [0, 0.1) is 6.92 Å². The highest BCUT2D eigenvalue weighted by Gasteiger charge is 2.53. The molecule has 41 heavy (non-hydrogen) atoms. The lowest BCUT2D eigenvalue weighted by atomic mass is 9.80. The molecule has 3 aliphatic rings. The Bertz CT molecular complexity index is 1770. The molecular weight excluding hydrogens is 544 g/mol. The quantitative estimate of drug-likeness (QED) is 0.337. The molecule has 0 aliphatic carbocycles. The molecule has 1 amide bonds. The van der Waals surface area contributed by atoms with Gasteiger partial charge in [-0.3, -0.25) is 14.6 Å². The zero-order chi connectivity index (χ0) is 28.5. The monoisotopic (exact) mass is 568 g/mol. The van der Waals surface area contributed by atoms with Crippen LogP contribution in [-0.2, 0) is 17.0 Å². The molecule has 1 aromatic heterocycles. The van der Waals surface area contributed by atoms with Crippen LogP contribution in [0.2, 0.25) is 5.02 Å². The van der Waals surface area contributed by atoms with Gasteiger partial charge in [-0.15, -0.1) is 0 Å². The standard InChI is InChI=1S/C32H25ClN2O6/c1-3-35-24-12-18(5-8-27(24)40-16-28(35)36)30(37)31-32(38,23-13-21(33)6-9-26(23)41-31)20-11-19-15-39-25-7-4-17(2)10-22(25)29(19)34-14-20/h4-14,31,38H,3,15-16H2,1-2H3/t31-,32+/m1/s1. The van der Waals surface area contributed by atoms with E-state index in [2.05, 4.69) is 0 Å². The van der Waals surface area contributed by atoms with Gasteiger partial charge in [-0.25, -0.2) is 0 Å². The second-order valence-electron chi connectivity index (χ2n) is 10.4. The van der Waals surface area contributed by atoms with Crippen molar-refractivity contribution in [2.75, 3.05) is 18.1 Å². The Morgan fingerprint density at radius 3 is 2.66 bits per heavy atom. The Hall–Kier alpha value is -4.40. The lowest BCUT2D eigenvalue weighted by Crippen LogP contribution is -2.45. The highest BCUT2D eigenvalue weighted by atomic mass is 35.5. The molecule has 3 aliphatic heterocycles. The topological polar surface area (TPSA) is 98.2 Å². The fraction of sp³-hybridized carbons (Fsp3) is 0.219. The fourth-order valence-corrected chi connectivity index (χ4v) is 6.01. The minimum Gasteiger partial charge on any atom is -0.488 e. The van der Waals surface area contributed by atoms with Gasteiger partial charge in [0.25, 0.3) is 5.91 Å². The van der Waals surface area contributed by atoms with E-state index >= 15 is 0 Å². The number of hydrogen-bond acceptors (Lipinski definition) is 7. The number of hydrogen-bond donors (Lipinski definition) is 1. The van der Waals surface area contributed by atoms with E-state index in [1.807, 2.05) is 38.1 Å². The van der Waals surface area contributed by atoms with E-state index in [1.165, 1.54) is 0 Å². The zero-order valence-corrected chi connectivity index (χ0v) is 23.1. The number of fused-ring (bicyclic) bond motifs is 5. The van der Waals surface area contributed by atoms with Gasteiger partial charge in [0, 0.05) is 45.6 Å². The molecule has 8 nitrogen and oxygen atoms in total. The predicted octanol–water partition coefficient (Wildman–Crippen LogP) is 5.23. The first kappa shape index (κ1) is 25.6. The van der Waals surface area contributed by atoms with E-state index in [1.54, 1.807) is 47.5 Å². The van der Waals surface area contributed by atoms with Gasteiger partial charge >= 0.3 is 0 Å². The SMILES string of the molecule is CCN1C(=O)COc2ccc(C(=O)[C@H]3Oc4ccc(Cl)cc4[C@@]3(O)c3cnc4c(c3)COc3ccc(C)cc3-4)cc21. The number of ketones is 1. The number of ether oxygens (including phenoxy) is 3. The fourth-order valence-electron chi connectivity index (χ4n) is 5.84. The Morgan fingerprint density at radius 2 is 1.83 bits per heavy atom. The van der Waals surface area contributed by atoms with Crippen molar-refractivity contribution in [3.05, 3.63) is 99.7 Å². The van der Waals surface area contributed by atoms with Crippen LogP contribution in [0.5, 0.6) is 17.2 Å². The Labute approximate surface area is 241 Å². The first-order valence-electron chi connectivity index (χ1n) is 13.3. The van der Waals surface area contributed by atoms with Gasteiger partial charge in [0.1, 0.15) is 23.9 Å². The number of likely N-dealkylation sites (N-methyl/N-ethyl adjacent to an activating group) is 1.